The summed E-state index contributed by atoms with van der Waals surface area (Å²) in [6.45, 7) is 1.07. The third-order valence-corrected chi connectivity index (χ3v) is 5.35. The number of rotatable bonds is 6. The Labute approximate surface area is 143 Å². The summed E-state index contributed by atoms with van der Waals surface area (Å²) in [6, 6.07) is 8.05. The number of benzene rings is 1. The van der Waals surface area contributed by atoms with Gasteiger partial charge in [0.15, 0.2) is 0 Å². The number of alkyl halides is 2. The van der Waals surface area contributed by atoms with Crippen molar-refractivity contribution in [1.29, 1.82) is 0 Å². The number of amides is 1. The molecule has 3 rings (SSSR count). The molecule has 0 atom stereocenters. The maximum atomic E-state index is 12.3. The smallest absolute Gasteiger partial charge is 0.251 e. The van der Waals surface area contributed by atoms with Crippen LogP contribution in [0.1, 0.15) is 24.3 Å². The van der Waals surface area contributed by atoms with Crippen LogP contribution in [0.4, 0.5) is 8.78 Å². The summed E-state index contributed by atoms with van der Waals surface area (Å²) in [4.78, 5) is 18.4. The van der Waals surface area contributed by atoms with E-state index in [9.17, 15) is 13.6 Å². The number of likely N-dealkylation sites (tertiary alicyclic amines) is 1. The van der Waals surface area contributed by atoms with Gasteiger partial charge in [-0.2, -0.15) is 0 Å². The van der Waals surface area contributed by atoms with Gasteiger partial charge in [0.25, 0.3) is 6.43 Å². The Balaban J connectivity index is 1.41. The summed E-state index contributed by atoms with van der Waals surface area (Å²) in [6.07, 6.45) is 0.232. The lowest BCUT2D eigenvalue weighted by Crippen LogP contribution is -2.45. The lowest BCUT2D eigenvalue weighted by Gasteiger charge is -2.32. The number of nitrogens with zero attached hydrogens (tertiary/aromatic N) is 2. The summed E-state index contributed by atoms with van der Waals surface area (Å²) in [7, 11) is 0. The molecule has 1 N–H and O–H groups in total. The van der Waals surface area contributed by atoms with Crippen LogP contribution < -0.4 is 5.32 Å². The molecule has 1 fully saturated rings. The molecular weight excluding hydrogens is 332 g/mol. The third kappa shape index (κ3) is 4.70. The van der Waals surface area contributed by atoms with Crippen LogP contribution in [-0.4, -0.2) is 47.9 Å². The number of piperidine rings is 1. The SMILES string of the molecule is O=C(CCc1nc2ccccc2s1)NC1CCN(CC(F)F)CC1. The molecule has 7 heteroatoms. The van der Waals surface area contributed by atoms with E-state index in [4.69, 9.17) is 0 Å². The molecule has 0 saturated carbocycles. The van der Waals surface area contributed by atoms with Crippen LogP contribution in [0.2, 0.25) is 0 Å². The first-order valence-corrected chi connectivity index (χ1v) is 9.06. The van der Waals surface area contributed by atoms with Crippen molar-refractivity contribution in [2.75, 3.05) is 19.6 Å². The van der Waals surface area contributed by atoms with Gasteiger partial charge in [-0.1, -0.05) is 12.1 Å². The Morgan fingerprint density at radius 3 is 2.79 bits per heavy atom. The maximum absolute atomic E-state index is 12.3. The second-order valence-corrected chi connectivity index (χ2v) is 7.22. The Morgan fingerprint density at radius 2 is 2.08 bits per heavy atom. The number of hydrogen-bond donors (Lipinski definition) is 1. The van der Waals surface area contributed by atoms with Gasteiger partial charge in [-0.05, 0) is 25.0 Å². The van der Waals surface area contributed by atoms with Crippen LogP contribution in [0.5, 0.6) is 0 Å². The van der Waals surface area contributed by atoms with Crippen molar-refractivity contribution < 1.29 is 13.6 Å². The predicted octanol–water partition coefficient (Wildman–Crippen LogP) is 3.07. The van der Waals surface area contributed by atoms with Gasteiger partial charge in [-0.15, -0.1) is 11.3 Å². The van der Waals surface area contributed by atoms with Crippen LogP contribution in [-0.2, 0) is 11.2 Å². The minimum Gasteiger partial charge on any atom is -0.353 e. The molecule has 0 spiro atoms. The number of carbonyl (C=O) groups is 1. The first-order valence-electron chi connectivity index (χ1n) is 8.24. The van der Waals surface area contributed by atoms with E-state index in [1.165, 1.54) is 0 Å². The highest BCUT2D eigenvalue weighted by molar-refractivity contribution is 7.18. The standard InChI is InChI=1S/C17H21F2N3OS/c18-15(19)11-22-9-7-12(8-10-22)20-16(23)5-6-17-21-13-3-1-2-4-14(13)24-17/h1-4,12,15H,5-11H2,(H,20,23). The highest BCUT2D eigenvalue weighted by Crippen LogP contribution is 2.22. The fraction of sp³-hybridized carbons (Fsp3) is 0.529. The molecule has 1 aromatic heterocycles. The molecule has 1 aromatic carbocycles. The Hall–Kier alpha value is -1.60. The molecule has 2 aromatic rings. The van der Waals surface area contributed by atoms with E-state index in [1.54, 1.807) is 16.2 Å². The second-order valence-electron chi connectivity index (χ2n) is 6.11. The van der Waals surface area contributed by atoms with Crippen LogP contribution >= 0.6 is 11.3 Å². The molecule has 1 amide bonds. The average molecular weight is 353 g/mol. The topological polar surface area (TPSA) is 45.2 Å². The fourth-order valence-corrected chi connectivity index (χ4v) is 3.97. The molecule has 1 aliphatic heterocycles. The van der Waals surface area contributed by atoms with E-state index in [0.717, 1.165) is 28.1 Å². The van der Waals surface area contributed by atoms with Crippen LogP contribution in [0.15, 0.2) is 24.3 Å². The van der Waals surface area contributed by atoms with Crippen molar-refractivity contribution in [3.8, 4) is 0 Å². The number of nitrogens with one attached hydrogen (secondary N) is 1. The first-order chi connectivity index (χ1) is 11.6. The van der Waals surface area contributed by atoms with E-state index in [-0.39, 0.29) is 18.5 Å². The van der Waals surface area contributed by atoms with Gasteiger partial charge >= 0.3 is 0 Å². The highest BCUT2D eigenvalue weighted by atomic mass is 32.1. The van der Waals surface area contributed by atoms with Crippen LogP contribution in [0, 0.1) is 0 Å². The summed E-state index contributed by atoms with van der Waals surface area (Å²) in [5.74, 6) is 0.0153. The highest BCUT2D eigenvalue weighted by Gasteiger charge is 2.22. The van der Waals surface area contributed by atoms with E-state index < -0.39 is 6.43 Å². The molecule has 1 saturated heterocycles. The number of aryl methyl sites for hydroxylation is 1. The van der Waals surface area contributed by atoms with Gasteiger partial charge in [0, 0.05) is 32.0 Å². The normalized spacial score (nSPS) is 16.8. The molecule has 24 heavy (non-hydrogen) atoms. The number of aromatic nitrogens is 1. The molecule has 2 heterocycles. The predicted molar refractivity (Wildman–Crippen MR) is 91.5 cm³/mol. The van der Waals surface area contributed by atoms with Gasteiger partial charge < -0.3 is 5.32 Å². The van der Waals surface area contributed by atoms with E-state index >= 15 is 0 Å². The Morgan fingerprint density at radius 1 is 1.33 bits per heavy atom. The number of carbonyl (C=O) groups excluding carboxylic acids is 1. The first kappa shape index (κ1) is 17.2. The number of halogens is 2. The lowest BCUT2D eigenvalue weighted by molar-refractivity contribution is -0.122. The average Bonchev–Trinajstić information content (AvgIpc) is 2.97. The molecular formula is C17H21F2N3OS. The number of fused-ring (bicyclic) bond motifs is 1. The molecule has 1 aliphatic rings. The maximum Gasteiger partial charge on any atom is 0.251 e. The number of para-hydroxylation sites is 1. The zero-order chi connectivity index (χ0) is 16.9. The minimum atomic E-state index is -2.29. The van der Waals surface area contributed by atoms with Crippen LogP contribution in [0.25, 0.3) is 10.2 Å². The zero-order valence-electron chi connectivity index (χ0n) is 13.4. The third-order valence-electron chi connectivity index (χ3n) is 4.25. The van der Waals surface area contributed by atoms with Crippen molar-refractivity contribution in [3.05, 3.63) is 29.3 Å². The molecule has 0 bridgehead atoms. The van der Waals surface area contributed by atoms with Gasteiger partial charge in [0.1, 0.15) is 0 Å². The van der Waals surface area contributed by atoms with E-state index in [2.05, 4.69) is 10.3 Å². The summed E-state index contributed by atoms with van der Waals surface area (Å²) in [5, 5.41) is 3.99. The largest absolute Gasteiger partial charge is 0.353 e. The van der Waals surface area contributed by atoms with Crippen molar-refractivity contribution in [2.24, 2.45) is 0 Å². The number of thiazole rings is 1. The minimum absolute atomic E-state index is 0.0153. The lowest BCUT2D eigenvalue weighted by atomic mass is 10.0. The molecule has 0 radical (unpaired) electrons. The van der Waals surface area contributed by atoms with Gasteiger partial charge in [-0.25, -0.2) is 13.8 Å². The molecule has 0 unspecified atom stereocenters. The van der Waals surface area contributed by atoms with Crippen LogP contribution in [0.3, 0.4) is 0 Å². The number of hydrogen-bond acceptors (Lipinski definition) is 4. The molecule has 4 nitrogen and oxygen atoms in total. The Kier molecular flexibility index (Phi) is 5.73. The summed E-state index contributed by atoms with van der Waals surface area (Å²) >= 11 is 1.62. The monoisotopic (exact) mass is 353 g/mol. The van der Waals surface area contributed by atoms with E-state index in [1.807, 2.05) is 24.3 Å². The van der Waals surface area contributed by atoms with Gasteiger partial charge in [0.2, 0.25) is 5.91 Å². The van der Waals surface area contributed by atoms with E-state index in [0.29, 0.717) is 25.9 Å². The van der Waals surface area contributed by atoms with Gasteiger partial charge in [0.05, 0.1) is 21.8 Å². The molecule has 130 valence electrons. The van der Waals surface area contributed by atoms with Crippen molar-refractivity contribution in [2.45, 2.75) is 38.2 Å². The fourth-order valence-electron chi connectivity index (χ4n) is 3.00. The van der Waals surface area contributed by atoms with Crippen molar-refractivity contribution >= 4 is 27.5 Å². The zero-order valence-corrected chi connectivity index (χ0v) is 14.2. The summed E-state index contributed by atoms with van der Waals surface area (Å²) in [5.41, 5.74) is 0.976. The van der Waals surface area contributed by atoms with Crippen molar-refractivity contribution in [3.63, 3.8) is 0 Å². The van der Waals surface area contributed by atoms with Gasteiger partial charge in [-0.3, -0.25) is 9.69 Å². The Bertz CT molecular complexity index is 650. The second kappa shape index (κ2) is 7.98. The quantitative estimate of drug-likeness (QED) is 0.868. The summed E-state index contributed by atoms with van der Waals surface area (Å²) < 4.78 is 25.8. The molecule has 0 aliphatic carbocycles. The van der Waals surface area contributed by atoms with Crippen molar-refractivity contribution in [1.82, 2.24) is 15.2 Å².